The molecule has 1 aliphatic rings. The van der Waals surface area contributed by atoms with Gasteiger partial charge in [0, 0.05) is 12.5 Å². The Morgan fingerprint density at radius 2 is 2.15 bits per heavy atom. The summed E-state index contributed by atoms with van der Waals surface area (Å²) in [6.45, 7) is 5.83. The number of carbonyl (C=O) groups is 1. The van der Waals surface area contributed by atoms with E-state index in [0.717, 1.165) is 0 Å². The third kappa shape index (κ3) is 3.93. The number of amides is 1. The van der Waals surface area contributed by atoms with Crippen LogP contribution in [0.2, 0.25) is 0 Å². The topological polar surface area (TPSA) is 38.8 Å². The molecule has 0 aromatic heterocycles. The summed E-state index contributed by atoms with van der Waals surface area (Å²) in [7, 11) is 0. The second-order valence-corrected chi connectivity index (χ2v) is 5.20. The van der Waals surface area contributed by atoms with Gasteiger partial charge in [-0.15, -0.1) is 0 Å². The normalized spacial score (nSPS) is 19.2. The van der Waals surface area contributed by atoms with E-state index < -0.39 is 0 Å². The first-order chi connectivity index (χ1) is 9.56. The molecule has 1 heterocycles. The molecule has 0 saturated carbocycles. The van der Waals surface area contributed by atoms with Crippen molar-refractivity contribution in [1.82, 2.24) is 4.90 Å². The van der Waals surface area contributed by atoms with Crippen LogP contribution in [-0.2, 0) is 9.53 Å². The molecule has 1 aliphatic heterocycles. The minimum atomic E-state index is -0.292. The van der Waals surface area contributed by atoms with Crippen LogP contribution in [0.3, 0.4) is 0 Å². The molecule has 20 heavy (non-hydrogen) atoms. The second kappa shape index (κ2) is 6.70. The van der Waals surface area contributed by atoms with Crippen molar-refractivity contribution in [2.24, 2.45) is 5.92 Å². The van der Waals surface area contributed by atoms with Gasteiger partial charge in [-0.1, -0.05) is 13.8 Å². The Kier molecular flexibility index (Phi) is 4.95. The van der Waals surface area contributed by atoms with Crippen LogP contribution < -0.4 is 4.74 Å². The molecule has 1 aromatic carbocycles. The Morgan fingerprint density at radius 3 is 2.80 bits per heavy atom. The van der Waals surface area contributed by atoms with Gasteiger partial charge in [-0.2, -0.15) is 0 Å². The molecular formula is C15H20FNO3. The van der Waals surface area contributed by atoms with E-state index in [2.05, 4.69) is 0 Å². The van der Waals surface area contributed by atoms with Crippen molar-refractivity contribution in [1.29, 1.82) is 0 Å². The number of carbonyl (C=O) groups excluding carboxylic acids is 1. The van der Waals surface area contributed by atoms with Gasteiger partial charge in [0.15, 0.2) is 0 Å². The fraction of sp³-hybridized carbons (Fsp3) is 0.533. The van der Waals surface area contributed by atoms with Crippen LogP contribution in [0.15, 0.2) is 24.3 Å². The first-order valence-corrected chi connectivity index (χ1v) is 6.85. The summed E-state index contributed by atoms with van der Waals surface area (Å²) in [6, 6.07) is 5.86. The second-order valence-electron chi connectivity index (χ2n) is 5.20. The van der Waals surface area contributed by atoms with Crippen LogP contribution in [0.5, 0.6) is 5.75 Å². The fourth-order valence-corrected chi connectivity index (χ4v) is 2.11. The van der Waals surface area contributed by atoms with Crippen molar-refractivity contribution in [3.63, 3.8) is 0 Å². The quantitative estimate of drug-likeness (QED) is 0.848. The summed E-state index contributed by atoms with van der Waals surface area (Å²) in [5, 5.41) is 0. The van der Waals surface area contributed by atoms with Crippen LogP contribution in [0.4, 0.5) is 4.39 Å². The number of benzene rings is 1. The van der Waals surface area contributed by atoms with Crippen molar-refractivity contribution in [3.05, 3.63) is 30.1 Å². The third-order valence-electron chi connectivity index (χ3n) is 3.19. The van der Waals surface area contributed by atoms with Crippen LogP contribution in [0.1, 0.15) is 13.8 Å². The zero-order valence-electron chi connectivity index (χ0n) is 11.8. The largest absolute Gasteiger partial charge is 0.491 e. The molecule has 1 saturated heterocycles. The Morgan fingerprint density at radius 1 is 1.45 bits per heavy atom. The number of morpholine rings is 1. The number of nitrogens with zero attached hydrogens (tertiary/aromatic N) is 1. The zero-order chi connectivity index (χ0) is 14.5. The van der Waals surface area contributed by atoms with Crippen LogP contribution in [-0.4, -0.2) is 43.2 Å². The van der Waals surface area contributed by atoms with Gasteiger partial charge < -0.3 is 14.4 Å². The van der Waals surface area contributed by atoms with Crippen LogP contribution >= 0.6 is 0 Å². The summed E-state index contributed by atoms with van der Waals surface area (Å²) >= 11 is 0. The standard InChI is InChI=1S/C15H20FNO3/c1-11(2)15(18)17-7-8-19-14(9-17)10-20-13-5-3-12(16)4-6-13/h3-6,11,14H,7-10H2,1-2H3. The zero-order valence-corrected chi connectivity index (χ0v) is 11.8. The average molecular weight is 281 g/mol. The Hall–Kier alpha value is -1.62. The number of hydrogen-bond donors (Lipinski definition) is 0. The molecular weight excluding hydrogens is 261 g/mol. The van der Waals surface area contributed by atoms with E-state index >= 15 is 0 Å². The van der Waals surface area contributed by atoms with Gasteiger partial charge in [0.25, 0.3) is 0 Å². The SMILES string of the molecule is CC(C)C(=O)N1CCOC(COc2ccc(F)cc2)C1. The summed E-state index contributed by atoms with van der Waals surface area (Å²) < 4.78 is 23.9. The summed E-state index contributed by atoms with van der Waals surface area (Å²) in [4.78, 5) is 13.8. The highest BCUT2D eigenvalue weighted by Crippen LogP contribution is 2.14. The van der Waals surface area contributed by atoms with Gasteiger partial charge in [-0.25, -0.2) is 4.39 Å². The smallest absolute Gasteiger partial charge is 0.225 e. The van der Waals surface area contributed by atoms with E-state index in [4.69, 9.17) is 9.47 Å². The molecule has 0 bridgehead atoms. The van der Waals surface area contributed by atoms with E-state index in [9.17, 15) is 9.18 Å². The highest BCUT2D eigenvalue weighted by molar-refractivity contribution is 5.78. The lowest BCUT2D eigenvalue weighted by atomic mass is 10.1. The van der Waals surface area contributed by atoms with Crippen molar-refractivity contribution in [3.8, 4) is 5.75 Å². The Balaban J connectivity index is 1.84. The van der Waals surface area contributed by atoms with E-state index in [1.165, 1.54) is 12.1 Å². The van der Waals surface area contributed by atoms with Crippen molar-refractivity contribution in [2.75, 3.05) is 26.3 Å². The van der Waals surface area contributed by atoms with E-state index in [-0.39, 0.29) is 23.7 Å². The summed E-state index contributed by atoms with van der Waals surface area (Å²) in [6.07, 6.45) is -0.142. The molecule has 5 heteroatoms. The minimum Gasteiger partial charge on any atom is -0.491 e. The predicted octanol–water partition coefficient (Wildman–Crippen LogP) is 2.09. The summed E-state index contributed by atoms with van der Waals surface area (Å²) in [5.74, 6) is 0.439. The lowest BCUT2D eigenvalue weighted by Gasteiger charge is -2.33. The maximum atomic E-state index is 12.8. The number of ether oxygens (including phenoxy) is 2. The maximum absolute atomic E-state index is 12.8. The molecule has 0 aliphatic carbocycles. The van der Waals surface area contributed by atoms with Crippen LogP contribution in [0, 0.1) is 11.7 Å². The van der Waals surface area contributed by atoms with Crippen molar-refractivity contribution in [2.45, 2.75) is 20.0 Å². The molecule has 1 aromatic rings. The molecule has 0 spiro atoms. The number of rotatable bonds is 4. The molecule has 1 fully saturated rings. The van der Waals surface area contributed by atoms with Crippen LogP contribution in [0.25, 0.3) is 0 Å². The van der Waals surface area contributed by atoms with E-state index in [1.54, 1.807) is 12.1 Å². The Labute approximate surface area is 118 Å². The third-order valence-corrected chi connectivity index (χ3v) is 3.19. The highest BCUT2D eigenvalue weighted by atomic mass is 19.1. The Bertz CT molecular complexity index is 447. The highest BCUT2D eigenvalue weighted by Gasteiger charge is 2.25. The number of hydrogen-bond acceptors (Lipinski definition) is 3. The van der Waals surface area contributed by atoms with E-state index in [1.807, 2.05) is 18.7 Å². The van der Waals surface area contributed by atoms with Crippen molar-refractivity contribution >= 4 is 5.91 Å². The molecule has 0 radical (unpaired) electrons. The molecule has 1 unspecified atom stereocenters. The van der Waals surface area contributed by atoms with Gasteiger partial charge in [0.2, 0.25) is 5.91 Å². The maximum Gasteiger partial charge on any atom is 0.225 e. The lowest BCUT2D eigenvalue weighted by molar-refractivity contribution is -0.143. The monoisotopic (exact) mass is 281 g/mol. The first kappa shape index (κ1) is 14.8. The van der Waals surface area contributed by atoms with Gasteiger partial charge in [-0.05, 0) is 24.3 Å². The molecule has 1 amide bonds. The minimum absolute atomic E-state index is 0.00762. The van der Waals surface area contributed by atoms with E-state index in [0.29, 0.717) is 32.1 Å². The summed E-state index contributed by atoms with van der Waals surface area (Å²) in [5.41, 5.74) is 0. The fourth-order valence-electron chi connectivity index (χ4n) is 2.11. The van der Waals surface area contributed by atoms with Gasteiger partial charge in [0.1, 0.15) is 24.3 Å². The van der Waals surface area contributed by atoms with Crippen molar-refractivity contribution < 1.29 is 18.7 Å². The molecule has 4 nitrogen and oxygen atoms in total. The molecule has 1 atom stereocenters. The number of halogens is 1. The predicted molar refractivity (Wildman–Crippen MR) is 73.1 cm³/mol. The lowest BCUT2D eigenvalue weighted by Crippen LogP contribution is -2.48. The van der Waals surface area contributed by atoms with Gasteiger partial charge >= 0.3 is 0 Å². The van der Waals surface area contributed by atoms with Gasteiger partial charge in [0.05, 0.1) is 13.2 Å². The molecule has 0 N–H and O–H groups in total. The van der Waals surface area contributed by atoms with Gasteiger partial charge in [-0.3, -0.25) is 4.79 Å². The first-order valence-electron chi connectivity index (χ1n) is 6.85. The molecule has 2 rings (SSSR count). The average Bonchev–Trinajstić information content (AvgIpc) is 2.46. The molecule has 110 valence electrons.